The average Bonchev–Trinajstić information content (AvgIpc) is 2.19. The van der Waals surface area contributed by atoms with Gasteiger partial charge < -0.3 is 4.74 Å². The van der Waals surface area contributed by atoms with Crippen LogP contribution < -0.4 is 10.2 Å². The van der Waals surface area contributed by atoms with Crippen LogP contribution >= 0.6 is 0 Å². The molecule has 0 atom stereocenters. The van der Waals surface area contributed by atoms with Crippen molar-refractivity contribution in [3.8, 4) is 5.75 Å². The SMILES string of the molecule is Bc1c(C)cc(OCCCS(C)(=O)=O)cc1C. The van der Waals surface area contributed by atoms with Crippen LogP contribution in [0, 0.1) is 13.8 Å². The van der Waals surface area contributed by atoms with Crippen molar-refractivity contribution in [3.05, 3.63) is 23.3 Å². The van der Waals surface area contributed by atoms with Gasteiger partial charge >= 0.3 is 0 Å². The van der Waals surface area contributed by atoms with Gasteiger partial charge in [-0.05, 0) is 32.4 Å². The summed E-state index contributed by atoms with van der Waals surface area (Å²) in [6, 6.07) is 3.98. The Labute approximate surface area is 105 Å². The van der Waals surface area contributed by atoms with E-state index < -0.39 is 9.84 Å². The van der Waals surface area contributed by atoms with Crippen LogP contribution in [0.25, 0.3) is 0 Å². The van der Waals surface area contributed by atoms with Gasteiger partial charge in [0, 0.05) is 6.26 Å². The zero-order valence-electron chi connectivity index (χ0n) is 10.9. The molecular formula is C12H19BO3S. The lowest BCUT2D eigenvalue weighted by molar-refractivity contribution is 0.317. The largest absolute Gasteiger partial charge is 0.494 e. The highest BCUT2D eigenvalue weighted by atomic mass is 32.2. The molecule has 0 aliphatic carbocycles. The molecule has 17 heavy (non-hydrogen) atoms. The minimum absolute atomic E-state index is 0.177. The predicted molar refractivity (Wildman–Crippen MR) is 73.9 cm³/mol. The zero-order chi connectivity index (χ0) is 13.1. The van der Waals surface area contributed by atoms with Crippen molar-refractivity contribution < 1.29 is 13.2 Å². The van der Waals surface area contributed by atoms with Crippen LogP contribution in [0.5, 0.6) is 5.75 Å². The summed E-state index contributed by atoms with van der Waals surface area (Å²) in [6.45, 7) is 4.53. The number of aryl methyl sites for hydroxylation is 2. The van der Waals surface area contributed by atoms with Crippen molar-refractivity contribution in [2.45, 2.75) is 20.3 Å². The minimum atomic E-state index is -2.88. The summed E-state index contributed by atoms with van der Waals surface area (Å²) in [5, 5.41) is 0. The monoisotopic (exact) mass is 254 g/mol. The highest BCUT2D eigenvalue weighted by Crippen LogP contribution is 2.14. The van der Waals surface area contributed by atoms with E-state index in [1.807, 2.05) is 26.0 Å². The van der Waals surface area contributed by atoms with Crippen molar-refractivity contribution >= 4 is 23.1 Å². The number of rotatable bonds is 5. The number of ether oxygens (including phenoxy) is 1. The molecule has 3 nitrogen and oxygen atoms in total. The summed E-state index contributed by atoms with van der Waals surface area (Å²) in [4.78, 5) is 0. The fourth-order valence-electron chi connectivity index (χ4n) is 1.59. The second-order valence-corrected chi connectivity index (χ2v) is 6.77. The molecule has 94 valence electrons. The predicted octanol–water partition coefficient (Wildman–Crippen LogP) is 0.375. The molecule has 1 rings (SSSR count). The molecule has 0 fully saturated rings. The normalized spacial score (nSPS) is 11.5. The van der Waals surface area contributed by atoms with Gasteiger partial charge in [-0.1, -0.05) is 16.6 Å². The molecule has 1 aromatic rings. The van der Waals surface area contributed by atoms with E-state index in [9.17, 15) is 8.42 Å². The molecule has 0 aromatic heterocycles. The number of hydrogen-bond acceptors (Lipinski definition) is 3. The van der Waals surface area contributed by atoms with Crippen molar-refractivity contribution in [2.75, 3.05) is 18.6 Å². The van der Waals surface area contributed by atoms with Gasteiger partial charge in [-0.25, -0.2) is 8.42 Å². The standard InChI is InChI=1S/C12H19BO3S/c1-9-7-11(8-10(2)12(9)13)16-5-4-6-17(3,14)15/h7-8H,4-6,13H2,1-3H3. The fourth-order valence-corrected chi connectivity index (χ4v) is 2.23. The lowest BCUT2D eigenvalue weighted by atomic mass is 9.87. The number of benzene rings is 1. The van der Waals surface area contributed by atoms with E-state index >= 15 is 0 Å². The Morgan fingerprint density at radius 2 is 1.76 bits per heavy atom. The molecule has 0 heterocycles. The molecule has 5 heteroatoms. The molecule has 0 saturated carbocycles. The highest BCUT2D eigenvalue weighted by Gasteiger charge is 2.04. The van der Waals surface area contributed by atoms with E-state index in [0.717, 1.165) is 5.75 Å². The molecule has 0 bridgehead atoms. The first-order chi connectivity index (χ1) is 7.79. The van der Waals surface area contributed by atoms with Crippen LogP contribution in [0.3, 0.4) is 0 Å². The van der Waals surface area contributed by atoms with Gasteiger partial charge in [-0.15, -0.1) is 0 Å². The second kappa shape index (κ2) is 5.58. The van der Waals surface area contributed by atoms with Crippen molar-refractivity contribution in [1.82, 2.24) is 0 Å². The molecule has 0 unspecified atom stereocenters. The quantitative estimate of drug-likeness (QED) is 0.563. The third-order valence-corrected chi connectivity index (χ3v) is 3.86. The highest BCUT2D eigenvalue weighted by molar-refractivity contribution is 7.90. The maximum atomic E-state index is 10.9. The molecule has 0 aliphatic heterocycles. The van der Waals surface area contributed by atoms with Crippen LogP contribution in [0.1, 0.15) is 17.5 Å². The number of hydrogen-bond donors (Lipinski definition) is 0. The summed E-state index contributed by atoms with van der Waals surface area (Å²) in [5.74, 6) is 0.996. The van der Waals surface area contributed by atoms with Gasteiger partial charge in [0.1, 0.15) is 23.4 Å². The summed E-state index contributed by atoms with van der Waals surface area (Å²) in [7, 11) is -0.800. The van der Waals surface area contributed by atoms with E-state index in [-0.39, 0.29) is 5.75 Å². The van der Waals surface area contributed by atoms with Gasteiger partial charge in [0.05, 0.1) is 12.4 Å². The van der Waals surface area contributed by atoms with Crippen molar-refractivity contribution in [2.24, 2.45) is 0 Å². The average molecular weight is 254 g/mol. The Bertz CT molecular complexity index is 471. The van der Waals surface area contributed by atoms with Gasteiger partial charge in [0.25, 0.3) is 0 Å². The molecule has 1 aromatic carbocycles. The van der Waals surface area contributed by atoms with Crippen molar-refractivity contribution in [3.63, 3.8) is 0 Å². The summed E-state index contributed by atoms with van der Waals surface area (Å²) in [5.41, 5.74) is 3.67. The molecule has 0 aliphatic rings. The fraction of sp³-hybridized carbons (Fsp3) is 0.500. The Kier molecular flexibility index (Phi) is 4.63. The maximum absolute atomic E-state index is 10.9. The second-order valence-electron chi connectivity index (χ2n) is 4.51. The first kappa shape index (κ1) is 14.1. The van der Waals surface area contributed by atoms with Gasteiger partial charge in [-0.3, -0.25) is 0 Å². The molecule has 0 spiro atoms. The van der Waals surface area contributed by atoms with E-state index in [2.05, 4.69) is 7.85 Å². The van der Waals surface area contributed by atoms with Crippen LogP contribution in [0.2, 0.25) is 0 Å². The lowest BCUT2D eigenvalue weighted by Crippen LogP contribution is -2.13. The smallest absolute Gasteiger partial charge is 0.147 e. The van der Waals surface area contributed by atoms with E-state index in [1.54, 1.807) is 0 Å². The van der Waals surface area contributed by atoms with Crippen LogP contribution in [0.15, 0.2) is 12.1 Å². The lowest BCUT2D eigenvalue weighted by Gasteiger charge is -2.10. The molecule has 0 saturated heterocycles. The van der Waals surface area contributed by atoms with Crippen LogP contribution in [-0.4, -0.2) is 34.9 Å². The van der Waals surface area contributed by atoms with Crippen LogP contribution in [0.4, 0.5) is 0 Å². The molecule has 0 radical (unpaired) electrons. The van der Waals surface area contributed by atoms with E-state index in [1.165, 1.54) is 22.8 Å². The summed E-state index contributed by atoms with van der Waals surface area (Å²) in [6.07, 6.45) is 1.78. The molecule has 0 N–H and O–H groups in total. The van der Waals surface area contributed by atoms with Gasteiger partial charge in [0.15, 0.2) is 0 Å². The topological polar surface area (TPSA) is 43.4 Å². The number of sulfone groups is 1. The van der Waals surface area contributed by atoms with Crippen LogP contribution in [-0.2, 0) is 9.84 Å². The zero-order valence-corrected chi connectivity index (χ0v) is 11.7. The summed E-state index contributed by atoms with van der Waals surface area (Å²) < 4.78 is 27.4. The third-order valence-electron chi connectivity index (χ3n) is 2.83. The van der Waals surface area contributed by atoms with Crippen molar-refractivity contribution in [1.29, 1.82) is 0 Å². The maximum Gasteiger partial charge on any atom is 0.147 e. The third kappa shape index (κ3) is 4.81. The van der Waals surface area contributed by atoms with Gasteiger partial charge in [0.2, 0.25) is 0 Å². The van der Waals surface area contributed by atoms with Gasteiger partial charge in [-0.2, -0.15) is 0 Å². The minimum Gasteiger partial charge on any atom is -0.494 e. The first-order valence-electron chi connectivity index (χ1n) is 5.68. The Balaban J connectivity index is 2.53. The Morgan fingerprint density at radius 1 is 1.24 bits per heavy atom. The molecule has 0 amide bonds. The Morgan fingerprint density at radius 3 is 2.24 bits per heavy atom. The van der Waals surface area contributed by atoms with E-state index in [4.69, 9.17) is 4.74 Å². The first-order valence-corrected chi connectivity index (χ1v) is 7.74. The van der Waals surface area contributed by atoms with E-state index in [0.29, 0.717) is 13.0 Å². The Hall–Kier alpha value is -0.965. The molecular weight excluding hydrogens is 235 g/mol. The summed E-state index contributed by atoms with van der Waals surface area (Å²) >= 11 is 0.